The van der Waals surface area contributed by atoms with Crippen LogP contribution in [0, 0.1) is 0 Å². The third-order valence-electron chi connectivity index (χ3n) is 2.55. The molecule has 0 amide bonds. The van der Waals surface area contributed by atoms with E-state index in [4.69, 9.17) is 21.4 Å². The fraction of sp³-hybridized carbons (Fsp3) is 0.0769. The lowest BCUT2D eigenvalue weighted by Crippen LogP contribution is -2.12. The van der Waals surface area contributed by atoms with E-state index in [0.717, 1.165) is 0 Å². The van der Waals surface area contributed by atoms with E-state index in [0.29, 0.717) is 16.5 Å². The molecule has 7 heteroatoms. The van der Waals surface area contributed by atoms with Crippen molar-refractivity contribution in [3.05, 3.63) is 47.5 Å². The van der Waals surface area contributed by atoms with Gasteiger partial charge >= 0.3 is 0 Å². The molecule has 2 rings (SSSR count). The minimum Gasteiger partial charge on any atom is -0.508 e. The van der Waals surface area contributed by atoms with Crippen molar-refractivity contribution in [2.75, 3.05) is 11.8 Å². The number of phenols is 1. The molecule has 0 heterocycles. The van der Waals surface area contributed by atoms with Gasteiger partial charge in [-0.25, -0.2) is 8.42 Å². The SMILES string of the molecule is COc1cc(NS(=O)(=O)c2ccc(O)cc2)ccc1Cl. The minimum atomic E-state index is -3.73. The molecule has 0 aliphatic rings. The van der Waals surface area contributed by atoms with E-state index in [1.807, 2.05) is 0 Å². The third-order valence-corrected chi connectivity index (χ3v) is 4.26. The molecule has 0 fully saturated rings. The largest absolute Gasteiger partial charge is 0.508 e. The van der Waals surface area contributed by atoms with Crippen molar-refractivity contribution in [2.45, 2.75) is 4.90 Å². The van der Waals surface area contributed by atoms with Crippen molar-refractivity contribution in [1.82, 2.24) is 0 Å². The second-order valence-electron chi connectivity index (χ2n) is 3.95. The zero-order chi connectivity index (χ0) is 14.8. The number of phenolic OH excluding ortho intramolecular Hbond substituents is 1. The normalized spacial score (nSPS) is 11.1. The van der Waals surface area contributed by atoms with Crippen LogP contribution >= 0.6 is 11.6 Å². The molecule has 106 valence electrons. The Labute approximate surface area is 121 Å². The number of aromatic hydroxyl groups is 1. The molecule has 0 saturated heterocycles. The van der Waals surface area contributed by atoms with Crippen molar-refractivity contribution >= 4 is 27.3 Å². The van der Waals surface area contributed by atoms with Gasteiger partial charge in [-0.1, -0.05) is 11.6 Å². The number of ether oxygens (including phenoxy) is 1. The maximum Gasteiger partial charge on any atom is 0.261 e. The number of hydrogen-bond acceptors (Lipinski definition) is 4. The number of methoxy groups -OCH3 is 1. The minimum absolute atomic E-state index is 0.00267. The molecule has 0 atom stereocenters. The van der Waals surface area contributed by atoms with Gasteiger partial charge in [0.2, 0.25) is 0 Å². The van der Waals surface area contributed by atoms with Gasteiger partial charge < -0.3 is 9.84 Å². The Kier molecular flexibility index (Phi) is 4.06. The lowest BCUT2D eigenvalue weighted by Gasteiger charge is -2.10. The molecule has 0 aliphatic heterocycles. The van der Waals surface area contributed by atoms with Crippen LogP contribution in [0.5, 0.6) is 11.5 Å². The fourth-order valence-corrected chi connectivity index (χ4v) is 2.81. The monoisotopic (exact) mass is 313 g/mol. The van der Waals surface area contributed by atoms with E-state index < -0.39 is 10.0 Å². The molecule has 5 nitrogen and oxygen atoms in total. The molecule has 0 saturated carbocycles. The zero-order valence-corrected chi connectivity index (χ0v) is 12.1. The van der Waals surface area contributed by atoms with E-state index in [1.165, 1.54) is 49.6 Å². The molecular weight excluding hydrogens is 302 g/mol. The highest BCUT2D eigenvalue weighted by atomic mass is 35.5. The summed E-state index contributed by atoms with van der Waals surface area (Å²) >= 11 is 5.87. The molecule has 0 bridgehead atoms. The van der Waals surface area contributed by atoms with E-state index in [9.17, 15) is 8.42 Å². The summed E-state index contributed by atoms with van der Waals surface area (Å²) in [5.74, 6) is 0.370. The fourth-order valence-electron chi connectivity index (χ4n) is 1.56. The summed E-state index contributed by atoms with van der Waals surface area (Å²) in [6.07, 6.45) is 0. The van der Waals surface area contributed by atoms with Crippen LogP contribution in [0.4, 0.5) is 5.69 Å². The predicted molar refractivity (Wildman–Crippen MR) is 76.9 cm³/mol. The van der Waals surface area contributed by atoms with Gasteiger partial charge in [-0.3, -0.25) is 4.72 Å². The lowest BCUT2D eigenvalue weighted by molar-refractivity contribution is 0.415. The average molecular weight is 314 g/mol. The Morgan fingerprint density at radius 2 is 1.80 bits per heavy atom. The van der Waals surface area contributed by atoms with E-state index >= 15 is 0 Å². The van der Waals surface area contributed by atoms with Gasteiger partial charge in [0.05, 0.1) is 22.7 Å². The van der Waals surface area contributed by atoms with Crippen molar-refractivity contribution in [3.8, 4) is 11.5 Å². The van der Waals surface area contributed by atoms with Crippen molar-refractivity contribution in [2.24, 2.45) is 0 Å². The summed E-state index contributed by atoms with van der Waals surface area (Å²) in [4.78, 5) is 0.0456. The van der Waals surface area contributed by atoms with Crippen molar-refractivity contribution < 1.29 is 18.3 Å². The highest BCUT2D eigenvalue weighted by Crippen LogP contribution is 2.28. The molecular formula is C13H12ClNO4S. The molecule has 0 radical (unpaired) electrons. The molecule has 0 unspecified atom stereocenters. The first kappa shape index (κ1) is 14.5. The van der Waals surface area contributed by atoms with Crippen molar-refractivity contribution in [3.63, 3.8) is 0 Å². The number of halogens is 1. The second kappa shape index (κ2) is 5.60. The first-order valence-corrected chi connectivity index (χ1v) is 7.44. The van der Waals surface area contributed by atoms with Crippen LogP contribution in [0.15, 0.2) is 47.4 Å². The summed E-state index contributed by atoms with van der Waals surface area (Å²) in [7, 11) is -2.28. The number of sulfonamides is 1. The maximum absolute atomic E-state index is 12.1. The van der Waals surface area contributed by atoms with Crippen LogP contribution in [0.3, 0.4) is 0 Å². The van der Waals surface area contributed by atoms with Crippen molar-refractivity contribution in [1.29, 1.82) is 0 Å². The smallest absolute Gasteiger partial charge is 0.261 e. The Balaban J connectivity index is 2.30. The number of hydrogen-bond donors (Lipinski definition) is 2. The maximum atomic E-state index is 12.1. The number of rotatable bonds is 4. The summed E-state index contributed by atoms with van der Waals surface area (Å²) < 4.78 is 31.7. The summed E-state index contributed by atoms with van der Waals surface area (Å²) in [5.41, 5.74) is 0.333. The highest BCUT2D eigenvalue weighted by molar-refractivity contribution is 7.92. The molecule has 0 aliphatic carbocycles. The molecule has 2 aromatic carbocycles. The van der Waals surface area contributed by atoms with E-state index in [2.05, 4.69) is 4.72 Å². The number of nitrogens with one attached hydrogen (secondary N) is 1. The Morgan fingerprint density at radius 1 is 1.15 bits per heavy atom. The quantitative estimate of drug-likeness (QED) is 0.910. The highest BCUT2D eigenvalue weighted by Gasteiger charge is 2.14. The third kappa shape index (κ3) is 3.15. The van der Waals surface area contributed by atoms with E-state index in [-0.39, 0.29) is 10.6 Å². The van der Waals surface area contributed by atoms with Gasteiger partial charge in [0.15, 0.2) is 0 Å². The first-order valence-electron chi connectivity index (χ1n) is 5.58. The molecule has 0 aromatic heterocycles. The Bertz CT molecular complexity index is 714. The average Bonchev–Trinajstić information content (AvgIpc) is 2.41. The zero-order valence-electron chi connectivity index (χ0n) is 10.5. The van der Waals surface area contributed by atoms with Crippen LogP contribution in [0.25, 0.3) is 0 Å². The van der Waals surface area contributed by atoms with Crippen LogP contribution in [-0.2, 0) is 10.0 Å². The van der Waals surface area contributed by atoms with Gasteiger partial charge in [-0.15, -0.1) is 0 Å². The van der Waals surface area contributed by atoms with Gasteiger partial charge in [0.1, 0.15) is 11.5 Å². The van der Waals surface area contributed by atoms with Crippen LogP contribution < -0.4 is 9.46 Å². The summed E-state index contributed by atoms with van der Waals surface area (Å²) in [6, 6.07) is 9.78. The molecule has 2 aromatic rings. The Morgan fingerprint density at radius 3 is 2.40 bits per heavy atom. The van der Waals surface area contributed by atoms with Gasteiger partial charge in [-0.2, -0.15) is 0 Å². The van der Waals surface area contributed by atoms with Gasteiger partial charge in [-0.05, 0) is 36.4 Å². The van der Waals surface area contributed by atoms with Crippen LogP contribution in [0.1, 0.15) is 0 Å². The predicted octanol–water partition coefficient (Wildman–Crippen LogP) is 2.86. The second-order valence-corrected chi connectivity index (χ2v) is 6.04. The first-order chi connectivity index (χ1) is 9.42. The summed E-state index contributed by atoms with van der Waals surface area (Å²) in [6.45, 7) is 0. The lowest BCUT2D eigenvalue weighted by atomic mass is 10.3. The standard InChI is InChI=1S/C13H12ClNO4S/c1-19-13-8-9(2-7-12(13)14)15-20(17,18)11-5-3-10(16)4-6-11/h2-8,15-16H,1H3. The van der Waals surface area contributed by atoms with Gasteiger partial charge in [0, 0.05) is 6.07 Å². The topological polar surface area (TPSA) is 75.6 Å². The molecule has 2 N–H and O–H groups in total. The molecule has 20 heavy (non-hydrogen) atoms. The van der Waals surface area contributed by atoms with Crippen LogP contribution in [0.2, 0.25) is 5.02 Å². The van der Waals surface area contributed by atoms with Crippen LogP contribution in [-0.4, -0.2) is 20.6 Å². The van der Waals surface area contributed by atoms with Gasteiger partial charge in [0.25, 0.3) is 10.0 Å². The molecule has 0 spiro atoms. The summed E-state index contributed by atoms with van der Waals surface area (Å²) in [5, 5.41) is 9.55. The Hall–Kier alpha value is -1.92. The number of benzene rings is 2. The number of anilines is 1. The van der Waals surface area contributed by atoms with E-state index in [1.54, 1.807) is 0 Å².